The van der Waals surface area contributed by atoms with Crippen LogP contribution in [0.2, 0.25) is 10.0 Å². The van der Waals surface area contributed by atoms with E-state index in [1.54, 1.807) is 36.4 Å². The first-order valence-electron chi connectivity index (χ1n) is 7.30. The monoisotopic (exact) mass is 374 g/mol. The van der Waals surface area contributed by atoms with Crippen LogP contribution in [0.25, 0.3) is 6.08 Å². The summed E-state index contributed by atoms with van der Waals surface area (Å²) in [5.74, 6) is -1.46. The van der Waals surface area contributed by atoms with Crippen LogP contribution in [-0.2, 0) is 9.59 Å². The van der Waals surface area contributed by atoms with E-state index in [0.717, 1.165) is 10.5 Å². The molecule has 0 unspecified atom stereocenters. The molecule has 2 aromatic rings. The highest BCUT2D eigenvalue weighted by atomic mass is 35.5. The van der Waals surface area contributed by atoms with Gasteiger partial charge in [0.2, 0.25) is 0 Å². The molecule has 0 aromatic heterocycles. The van der Waals surface area contributed by atoms with Crippen molar-refractivity contribution in [3.63, 3.8) is 0 Å². The normalized spacial score (nSPS) is 16.4. The highest BCUT2D eigenvalue weighted by Gasteiger charge is 2.36. The molecule has 1 aliphatic heterocycles. The molecule has 1 saturated heterocycles. The topological polar surface area (TPSA) is 66.5 Å². The van der Waals surface area contributed by atoms with Gasteiger partial charge in [-0.2, -0.15) is 0 Å². The average molecular weight is 375 g/mol. The van der Waals surface area contributed by atoms with E-state index < -0.39 is 17.8 Å². The Morgan fingerprint density at radius 2 is 1.64 bits per heavy atom. The number of barbiturate groups is 1. The summed E-state index contributed by atoms with van der Waals surface area (Å²) in [5.41, 5.74) is 1.71. The van der Waals surface area contributed by atoms with E-state index in [1.165, 1.54) is 12.1 Å². The quantitative estimate of drug-likeness (QED) is 0.638. The molecular weight excluding hydrogens is 363 g/mol. The molecule has 0 saturated carbocycles. The summed E-state index contributed by atoms with van der Waals surface area (Å²) >= 11 is 11.8. The second-order valence-electron chi connectivity index (χ2n) is 5.47. The molecule has 1 heterocycles. The van der Waals surface area contributed by atoms with Crippen LogP contribution in [0.5, 0.6) is 0 Å². The molecule has 1 fully saturated rings. The van der Waals surface area contributed by atoms with Crippen molar-refractivity contribution >= 4 is 52.8 Å². The summed E-state index contributed by atoms with van der Waals surface area (Å²) in [6.45, 7) is 1.89. The number of amides is 4. The molecule has 7 heteroatoms. The Balaban J connectivity index is 2.01. The lowest BCUT2D eigenvalue weighted by Gasteiger charge is -2.26. The van der Waals surface area contributed by atoms with Crippen molar-refractivity contribution in [2.75, 3.05) is 4.90 Å². The maximum atomic E-state index is 12.7. The van der Waals surface area contributed by atoms with E-state index in [-0.39, 0.29) is 5.57 Å². The summed E-state index contributed by atoms with van der Waals surface area (Å²) in [6, 6.07) is 10.7. The zero-order chi connectivity index (χ0) is 18.1. The molecule has 0 aliphatic carbocycles. The number of nitrogens with zero attached hydrogens (tertiary/aromatic N) is 1. The third kappa shape index (κ3) is 3.43. The van der Waals surface area contributed by atoms with Crippen LogP contribution in [0, 0.1) is 6.92 Å². The number of carbonyl (C=O) groups is 3. The minimum atomic E-state index is -0.787. The van der Waals surface area contributed by atoms with Crippen molar-refractivity contribution in [1.82, 2.24) is 5.32 Å². The zero-order valence-corrected chi connectivity index (χ0v) is 14.6. The van der Waals surface area contributed by atoms with Gasteiger partial charge < -0.3 is 0 Å². The maximum absolute atomic E-state index is 12.7. The number of benzene rings is 2. The molecule has 25 heavy (non-hydrogen) atoms. The molecule has 5 nitrogen and oxygen atoms in total. The molecule has 1 aliphatic rings. The standard InChI is InChI=1S/C18H12Cl2N2O3/c1-10-2-5-12(6-3-10)22-17(24)13(16(23)21-18(22)25)8-11-4-7-14(19)15(20)9-11/h2-9H,1H3,(H,21,23,25)/b13-8+. The van der Waals surface area contributed by atoms with Gasteiger partial charge in [0.15, 0.2) is 0 Å². The first-order chi connectivity index (χ1) is 11.9. The van der Waals surface area contributed by atoms with E-state index in [2.05, 4.69) is 5.32 Å². The number of rotatable bonds is 2. The fourth-order valence-corrected chi connectivity index (χ4v) is 2.66. The fraction of sp³-hybridized carbons (Fsp3) is 0.0556. The summed E-state index contributed by atoms with van der Waals surface area (Å²) in [7, 11) is 0. The minimum absolute atomic E-state index is 0.168. The molecular formula is C18H12Cl2N2O3. The van der Waals surface area contributed by atoms with Crippen molar-refractivity contribution < 1.29 is 14.4 Å². The van der Waals surface area contributed by atoms with Gasteiger partial charge in [0.1, 0.15) is 5.57 Å². The Bertz CT molecular complexity index is 920. The second-order valence-corrected chi connectivity index (χ2v) is 6.28. The minimum Gasteiger partial charge on any atom is -0.273 e. The molecule has 0 atom stereocenters. The predicted octanol–water partition coefficient (Wildman–Crippen LogP) is 3.97. The van der Waals surface area contributed by atoms with Crippen LogP contribution in [-0.4, -0.2) is 17.8 Å². The Labute approximate surface area is 153 Å². The first-order valence-corrected chi connectivity index (χ1v) is 8.05. The lowest BCUT2D eigenvalue weighted by atomic mass is 10.1. The number of anilines is 1. The third-order valence-corrected chi connectivity index (χ3v) is 4.39. The number of nitrogens with one attached hydrogen (secondary N) is 1. The summed E-state index contributed by atoms with van der Waals surface area (Å²) in [5, 5.41) is 2.83. The number of halogens is 2. The number of carbonyl (C=O) groups excluding carboxylic acids is 3. The molecule has 0 spiro atoms. The van der Waals surface area contributed by atoms with E-state index >= 15 is 0 Å². The molecule has 0 radical (unpaired) electrons. The van der Waals surface area contributed by atoms with Crippen LogP contribution in [0.3, 0.4) is 0 Å². The van der Waals surface area contributed by atoms with Crippen LogP contribution < -0.4 is 10.2 Å². The predicted molar refractivity (Wildman–Crippen MR) is 96.6 cm³/mol. The van der Waals surface area contributed by atoms with Crippen molar-refractivity contribution in [3.8, 4) is 0 Å². The smallest absolute Gasteiger partial charge is 0.273 e. The number of hydrogen-bond acceptors (Lipinski definition) is 3. The lowest BCUT2D eigenvalue weighted by molar-refractivity contribution is -0.122. The molecule has 1 N–H and O–H groups in total. The van der Waals surface area contributed by atoms with Crippen LogP contribution in [0.15, 0.2) is 48.0 Å². The third-order valence-electron chi connectivity index (χ3n) is 3.65. The van der Waals surface area contributed by atoms with Gasteiger partial charge >= 0.3 is 6.03 Å². The number of aryl methyl sites for hydroxylation is 1. The van der Waals surface area contributed by atoms with Gasteiger partial charge in [-0.25, -0.2) is 9.69 Å². The largest absolute Gasteiger partial charge is 0.335 e. The van der Waals surface area contributed by atoms with Crippen molar-refractivity contribution in [2.24, 2.45) is 0 Å². The van der Waals surface area contributed by atoms with Gasteiger partial charge in [-0.3, -0.25) is 14.9 Å². The van der Waals surface area contributed by atoms with E-state index in [0.29, 0.717) is 21.3 Å². The van der Waals surface area contributed by atoms with Gasteiger partial charge in [-0.05, 0) is 42.8 Å². The van der Waals surface area contributed by atoms with Crippen LogP contribution in [0.1, 0.15) is 11.1 Å². The number of hydrogen-bond donors (Lipinski definition) is 1. The number of urea groups is 1. The summed E-state index contributed by atoms with van der Waals surface area (Å²) in [4.78, 5) is 37.8. The molecule has 3 rings (SSSR count). The van der Waals surface area contributed by atoms with E-state index in [1.807, 2.05) is 6.92 Å². The van der Waals surface area contributed by atoms with Gasteiger partial charge in [-0.15, -0.1) is 0 Å². The first kappa shape index (κ1) is 17.2. The van der Waals surface area contributed by atoms with Crippen molar-refractivity contribution in [2.45, 2.75) is 6.92 Å². The molecule has 0 bridgehead atoms. The van der Waals surface area contributed by atoms with Gasteiger partial charge in [-0.1, -0.05) is 47.0 Å². The summed E-state index contributed by atoms with van der Waals surface area (Å²) in [6.07, 6.45) is 1.37. The number of imide groups is 2. The van der Waals surface area contributed by atoms with Gasteiger partial charge in [0.05, 0.1) is 15.7 Å². The highest BCUT2D eigenvalue weighted by molar-refractivity contribution is 6.42. The summed E-state index contributed by atoms with van der Waals surface area (Å²) < 4.78 is 0. The van der Waals surface area contributed by atoms with Gasteiger partial charge in [0.25, 0.3) is 11.8 Å². The fourth-order valence-electron chi connectivity index (χ4n) is 2.35. The lowest BCUT2D eigenvalue weighted by Crippen LogP contribution is -2.54. The Kier molecular flexibility index (Phi) is 4.61. The van der Waals surface area contributed by atoms with E-state index in [9.17, 15) is 14.4 Å². The second kappa shape index (κ2) is 6.70. The van der Waals surface area contributed by atoms with Crippen molar-refractivity contribution in [3.05, 3.63) is 69.2 Å². The average Bonchev–Trinajstić information content (AvgIpc) is 2.56. The molecule has 126 valence electrons. The maximum Gasteiger partial charge on any atom is 0.335 e. The zero-order valence-electron chi connectivity index (χ0n) is 13.0. The van der Waals surface area contributed by atoms with Crippen LogP contribution in [0.4, 0.5) is 10.5 Å². The molecule has 4 amide bonds. The Morgan fingerprint density at radius 1 is 0.960 bits per heavy atom. The van der Waals surface area contributed by atoms with E-state index in [4.69, 9.17) is 23.2 Å². The van der Waals surface area contributed by atoms with Gasteiger partial charge in [0, 0.05) is 0 Å². The Hall–Kier alpha value is -2.63. The SMILES string of the molecule is Cc1ccc(N2C(=O)NC(=O)/C(=C\c3ccc(Cl)c(Cl)c3)C2=O)cc1. The van der Waals surface area contributed by atoms with Crippen molar-refractivity contribution in [1.29, 1.82) is 0 Å². The molecule has 2 aromatic carbocycles. The van der Waals surface area contributed by atoms with Crippen LogP contribution >= 0.6 is 23.2 Å². The Morgan fingerprint density at radius 3 is 2.28 bits per heavy atom. The highest BCUT2D eigenvalue weighted by Crippen LogP contribution is 2.26.